The molecule has 0 saturated heterocycles. The number of nitrogens with zero attached hydrogens (tertiary/aromatic N) is 3. The van der Waals surface area contributed by atoms with Gasteiger partial charge in [0.1, 0.15) is 0 Å². The molecule has 4 nitrogen and oxygen atoms in total. The molecule has 0 saturated carbocycles. The predicted octanol–water partition coefficient (Wildman–Crippen LogP) is 2.54. The molecule has 0 unspecified atom stereocenters. The summed E-state index contributed by atoms with van der Waals surface area (Å²) >= 11 is 0. The highest BCUT2D eigenvalue weighted by Crippen LogP contribution is 2.22. The van der Waals surface area contributed by atoms with Gasteiger partial charge in [-0.05, 0) is 30.5 Å². The van der Waals surface area contributed by atoms with Crippen LogP contribution >= 0.6 is 24.0 Å². The van der Waals surface area contributed by atoms with Crippen LogP contribution in [0.5, 0.6) is 0 Å². The topological polar surface area (TPSA) is 32.6 Å². The molecule has 0 fully saturated rings. The molecule has 5 heteroatoms. The second-order valence-corrected chi connectivity index (χ2v) is 5.59. The van der Waals surface area contributed by atoms with Crippen molar-refractivity contribution in [2.75, 3.05) is 26.7 Å². The van der Waals surface area contributed by atoms with Gasteiger partial charge in [-0.2, -0.15) is 0 Å². The van der Waals surface area contributed by atoms with Crippen LogP contribution in [0.3, 0.4) is 0 Å². The van der Waals surface area contributed by atoms with E-state index in [1.807, 2.05) is 0 Å². The van der Waals surface area contributed by atoms with E-state index in [4.69, 9.17) is 0 Å². The van der Waals surface area contributed by atoms with Crippen LogP contribution in [0.15, 0.2) is 29.4 Å². The Bertz CT molecular complexity index is 660. The fourth-order valence-electron chi connectivity index (χ4n) is 2.81. The first-order valence-corrected chi connectivity index (χ1v) is 7.19. The van der Waals surface area contributed by atoms with Crippen LogP contribution in [0.2, 0.25) is 0 Å². The first kappa shape index (κ1) is 16.1. The van der Waals surface area contributed by atoms with Crippen molar-refractivity contribution in [3.8, 4) is 0 Å². The Kier molecular flexibility index (Phi) is 5.13. The molecule has 0 atom stereocenters. The summed E-state index contributed by atoms with van der Waals surface area (Å²) in [7, 11) is 4.20. The fourth-order valence-corrected chi connectivity index (χ4v) is 2.81. The largest absolute Gasteiger partial charge is 0.356 e. The maximum atomic E-state index is 4.45. The standard InChI is InChI=1S/C16H22N4.HI/c1-12-4-5-14-13(11-20(3)15(14)10-12)6-7-17-16-18-8-9-19(16)2;/h4-5,10-11H,6-9H2,1-3H3,(H,17,18);1H. The second-order valence-electron chi connectivity index (χ2n) is 5.59. The van der Waals surface area contributed by atoms with Gasteiger partial charge in [0.2, 0.25) is 0 Å². The zero-order valence-corrected chi connectivity index (χ0v) is 15.2. The van der Waals surface area contributed by atoms with Crippen LogP contribution in [0, 0.1) is 6.92 Å². The van der Waals surface area contributed by atoms with Gasteiger partial charge in [0.15, 0.2) is 5.96 Å². The molecule has 0 amide bonds. The maximum Gasteiger partial charge on any atom is 0.193 e. The van der Waals surface area contributed by atoms with Gasteiger partial charge >= 0.3 is 0 Å². The first-order chi connectivity index (χ1) is 9.65. The van der Waals surface area contributed by atoms with Crippen LogP contribution in [-0.2, 0) is 13.5 Å². The number of rotatable bonds is 3. The zero-order chi connectivity index (χ0) is 14.1. The molecule has 1 aromatic carbocycles. The van der Waals surface area contributed by atoms with Crippen molar-refractivity contribution < 1.29 is 0 Å². The lowest BCUT2D eigenvalue weighted by Gasteiger charge is -2.14. The van der Waals surface area contributed by atoms with E-state index in [0.717, 1.165) is 32.0 Å². The van der Waals surface area contributed by atoms with E-state index in [1.165, 1.54) is 22.0 Å². The number of likely N-dealkylation sites (N-methyl/N-ethyl adjacent to an activating group) is 1. The third-order valence-electron chi connectivity index (χ3n) is 3.96. The number of aromatic nitrogens is 1. The highest BCUT2D eigenvalue weighted by atomic mass is 127. The van der Waals surface area contributed by atoms with Gasteiger partial charge in [-0.25, -0.2) is 0 Å². The van der Waals surface area contributed by atoms with Gasteiger partial charge in [0.05, 0.1) is 6.54 Å². The minimum absolute atomic E-state index is 0. The van der Waals surface area contributed by atoms with Crippen LogP contribution in [0.4, 0.5) is 0 Å². The lowest BCUT2D eigenvalue weighted by Crippen LogP contribution is -2.36. The number of guanidine groups is 1. The van der Waals surface area contributed by atoms with Crippen LogP contribution in [0.25, 0.3) is 10.9 Å². The Morgan fingerprint density at radius 2 is 2.10 bits per heavy atom. The molecule has 1 aliphatic rings. The summed E-state index contributed by atoms with van der Waals surface area (Å²) in [5.74, 6) is 1.03. The average molecular weight is 398 g/mol. The number of aliphatic imine (C=N–C) groups is 1. The number of hydrogen-bond acceptors (Lipinski definition) is 3. The minimum atomic E-state index is 0. The molecular weight excluding hydrogens is 375 g/mol. The normalized spacial score (nSPS) is 14.2. The van der Waals surface area contributed by atoms with Crippen LogP contribution < -0.4 is 5.32 Å². The molecular formula is C16H23IN4. The monoisotopic (exact) mass is 398 g/mol. The SMILES string of the molecule is Cc1ccc2c(CCNC3=NCCN3C)cn(C)c2c1.I. The molecule has 0 radical (unpaired) electrons. The number of benzene rings is 1. The molecule has 0 bridgehead atoms. The van der Waals surface area contributed by atoms with Gasteiger partial charge < -0.3 is 14.8 Å². The van der Waals surface area contributed by atoms with Gasteiger partial charge in [0.25, 0.3) is 0 Å². The smallest absolute Gasteiger partial charge is 0.193 e. The Balaban J connectivity index is 0.00000161. The quantitative estimate of drug-likeness (QED) is 0.807. The van der Waals surface area contributed by atoms with Crippen molar-refractivity contribution in [2.24, 2.45) is 12.0 Å². The molecule has 2 aromatic rings. The summed E-state index contributed by atoms with van der Waals surface area (Å²) in [6.07, 6.45) is 3.26. The van der Waals surface area contributed by atoms with E-state index in [0.29, 0.717) is 0 Å². The number of nitrogens with one attached hydrogen (secondary N) is 1. The van der Waals surface area contributed by atoms with E-state index in [2.05, 4.69) is 65.2 Å². The molecule has 1 aliphatic heterocycles. The molecule has 2 heterocycles. The highest BCUT2D eigenvalue weighted by molar-refractivity contribution is 14.0. The van der Waals surface area contributed by atoms with Gasteiger partial charge in [0, 0.05) is 44.3 Å². The van der Waals surface area contributed by atoms with Gasteiger partial charge in [-0.1, -0.05) is 12.1 Å². The van der Waals surface area contributed by atoms with Crippen molar-refractivity contribution in [1.29, 1.82) is 0 Å². The number of aryl methyl sites for hydroxylation is 2. The lowest BCUT2D eigenvalue weighted by atomic mass is 10.1. The fraction of sp³-hybridized carbons (Fsp3) is 0.438. The molecule has 114 valence electrons. The molecule has 1 aromatic heterocycles. The summed E-state index contributed by atoms with van der Waals surface area (Å²) in [4.78, 5) is 6.63. The summed E-state index contributed by atoms with van der Waals surface area (Å²) in [6.45, 7) is 5.00. The number of halogens is 1. The molecule has 0 spiro atoms. The third-order valence-corrected chi connectivity index (χ3v) is 3.96. The molecule has 1 N–H and O–H groups in total. The third kappa shape index (κ3) is 3.33. The summed E-state index contributed by atoms with van der Waals surface area (Å²) in [5.41, 5.74) is 4.02. The first-order valence-electron chi connectivity index (χ1n) is 7.19. The maximum absolute atomic E-state index is 4.45. The summed E-state index contributed by atoms with van der Waals surface area (Å²) < 4.78 is 2.22. The zero-order valence-electron chi connectivity index (χ0n) is 12.9. The van der Waals surface area contributed by atoms with Crippen molar-refractivity contribution in [2.45, 2.75) is 13.3 Å². The summed E-state index contributed by atoms with van der Waals surface area (Å²) in [5, 5.41) is 4.79. The van der Waals surface area contributed by atoms with E-state index >= 15 is 0 Å². The predicted molar refractivity (Wildman–Crippen MR) is 99.7 cm³/mol. The van der Waals surface area contributed by atoms with Crippen LogP contribution in [0.1, 0.15) is 11.1 Å². The molecule has 21 heavy (non-hydrogen) atoms. The number of fused-ring (bicyclic) bond motifs is 1. The van der Waals surface area contributed by atoms with Crippen LogP contribution in [-0.4, -0.2) is 42.1 Å². The Hall–Kier alpha value is -1.24. The van der Waals surface area contributed by atoms with Crippen molar-refractivity contribution >= 4 is 40.8 Å². The summed E-state index contributed by atoms with van der Waals surface area (Å²) in [6, 6.07) is 6.67. The van der Waals surface area contributed by atoms with E-state index in [1.54, 1.807) is 0 Å². The van der Waals surface area contributed by atoms with E-state index in [-0.39, 0.29) is 24.0 Å². The van der Waals surface area contributed by atoms with Gasteiger partial charge in [-0.15, -0.1) is 24.0 Å². The minimum Gasteiger partial charge on any atom is -0.356 e. The van der Waals surface area contributed by atoms with Crippen molar-refractivity contribution in [3.63, 3.8) is 0 Å². The Morgan fingerprint density at radius 1 is 1.29 bits per heavy atom. The number of hydrogen-bond donors (Lipinski definition) is 1. The second kappa shape index (κ2) is 6.68. The van der Waals surface area contributed by atoms with Gasteiger partial charge in [-0.3, -0.25) is 4.99 Å². The Labute approximate surface area is 143 Å². The Morgan fingerprint density at radius 3 is 2.81 bits per heavy atom. The molecule has 3 rings (SSSR count). The molecule has 0 aliphatic carbocycles. The van der Waals surface area contributed by atoms with Crippen molar-refractivity contribution in [1.82, 2.24) is 14.8 Å². The average Bonchev–Trinajstić information content (AvgIpc) is 2.95. The lowest BCUT2D eigenvalue weighted by molar-refractivity contribution is 0.534. The van der Waals surface area contributed by atoms with Crippen molar-refractivity contribution in [3.05, 3.63) is 35.5 Å². The van der Waals surface area contributed by atoms with E-state index < -0.39 is 0 Å². The highest BCUT2D eigenvalue weighted by Gasteiger charge is 2.12. The van der Waals surface area contributed by atoms with E-state index in [9.17, 15) is 0 Å².